The zero-order valence-electron chi connectivity index (χ0n) is 7.01. The second-order valence-corrected chi connectivity index (χ2v) is 2.61. The third-order valence-corrected chi connectivity index (χ3v) is 1.58. The number of aryl methyl sites for hydroxylation is 1. The Balaban J connectivity index is 2.50. The van der Waals surface area contributed by atoms with E-state index in [9.17, 15) is 9.59 Å². The summed E-state index contributed by atoms with van der Waals surface area (Å²) in [5, 5.41) is 8.36. The van der Waals surface area contributed by atoms with Gasteiger partial charge in [0.15, 0.2) is 0 Å². The molecular weight excluding hydrogens is 172 g/mol. The van der Waals surface area contributed by atoms with Crippen molar-refractivity contribution < 1.29 is 9.90 Å². The topological polar surface area (TPSA) is 72.2 Å². The van der Waals surface area contributed by atoms with Crippen LogP contribution in [0.1, 0.15) is 12.8 Å². The normalized spacial score (nSPS) is 9.85. The lowest BCUT2D eigenvalue weighted by Crippen LogP contribution is -2.19. The average Bonchev–Trinajstić information content (AvgIpc) is 2.08. The molecule has 5 heteroatoms. The standard InChI is InChI=1S/C8H10N2O3/c11-7-3-4-9-6-10(7)5-1-2-8(12)13/h3-4,6H,1-2,5H2,(H,12,13). The van der Waals surface area contributed by atoms with Gasteiger partial charge in [0.1, 0.15) is 0 Å². The van der Waals surface area contributed by atoms with Crippen LogP contribution in [0.25, 0.3) is 0 Å². The summed E-state index contributed by atoms with van der Waals surface area (Å²) in [6.07, 6.45) is 3.34. The van der Waals surface area contributed by atoms with E-state index in [1.165, 1.54) is 23.2 Å². The van der Waals surface area contributed by atoms with E-state index in [0.29, 0.717) is 13.0 Å². The van der Waals surface area contributed by atoms with Gasteiger partial charge in [-0.2, -0.15) is 0 Å². The minimum absolute atomic E-state index is 0.0708. The van der Waals surface area contributed by atoms with E-state index < -0.39 is 5.97 Å². The van der Waals surface area contributed by atoms with Crippen molar-refractivity contribution >= 4 is 5.97 Å². The van der Waals surface area contributed by atoms with Gasteiger partial charge in [-0.25, -0.2) is 4.98 Å². The molecule has 70 valence electrons. The zero-order valence-corrected chi connectivity index (χ0v) is 7.01. The van der Waals surface area contributed by atoms with Crippen LogP contribution < -0.4 is 5.56 Å². The van der Waals surface area contributed by atoms with Crippen molar-refractivity contribution in [2.24, 2.45) is 0 Å². The van der Waals surface area contributed by atoms with Gasteiger partial charge in [0, 0.05) is 25.2 Å². The summed E-state index contributed by atoms with van der Waals surface area (Å²) in [6, 6.07) is 1.35. The first-order chi connectivity index (χ1) is 6.20. The Labute approximate surface area is 74.7 Å². The van der Waals surface area contributed by atoms with Gasteiger partial charge in [-0.1, -0.05) is 0 Å². The maximum absolute atomic E-state index is 11.1. The third kappa shape index (κ3) is 3.06. The van der Waals surface area contributed by atoms with Crippen molar-refractivity contribution in [1.82, 2.24) is 9.55 Å². The van der Waals surface area contributed by atoms with Gasteiger partial charge < -0.3 is 5.11 Å². The Hall–Kier alpha value is -1.65. The summed E-state index contributed by atoms with van der Waals surface area (Å²) in [4.78, 5) is 25.0. The highest BCUT2D eigenvalue weighted by Gasteiger charge is 1.98. The first-order valence-corrected chi connectivity index (χ1v) is 3.92. The summed E-state index contributed by atoms with van der Waals surface area (Å²) in [5.41, 5.74) is -0.152. The van der Waals surface area contributed by atoms with Gasteiger partial charge >= 0.3 is 5.97 Å². The number of aromatic nitrogens is 2. The van der Waals surface area contributed by atoms with Crippen molar-refractivity contribution in [1.29, 1.82) is 0 Å². The minimum Gasteiger partial charge on any atom is -0.481 e. The van der Waals surface area contributed by atoms with Crippen LogP contribution in [0.3, 0.4) is 0 Å². The van der Waals surface area contributed by atoms with Gasteiger partial charge in [0.05, 0.1) is 6.33 Å². The number of carboxylic acids is 1. The van der Waals surface area contributed by atoms with Crippen molar-refractivity contribution in [2.75, 3.05) is 0 Å². The summed E-state index contributed by atoms with van der Waals surface area (Å²) in [5.74, 6) is -0.850. The molecule has 0 atom stereocenters. The van der Waals surface area contributed by atoms with Gasteiger partial charge in [-0.15, -0.1) is 0 Å². The summed E-state index contributed by atoms with van der Waals surface area (Å²) < 4.78 is 1.39. The molecule has 0 aliphatic rings. The lowest BCUT2D eigenvalue weighted by atomic mass is 10.3. The summed E-state index contributed by atoms with van der Waals surface area (Å²) in [6.45, 7) is 0.402. The Bertz CT molecular complexity index is 345. The number of rotatable bonds is 4. The zero-order chi connectivity index (χ0) is 9.68. The molecule has 0 aromatic carbocycles. The van der Waals surface area contributed by atoms with E-state index in [0.717, 1.165) is 0 Å². The first kappa shape index (κ1) is 9.44. The predicted octanol–water partition coefficient (Wildman–Crippen LogP) is 0.108. The van der Waals surface area contributed by atoms with Crippen LogP contribution in [0, 0.1) is 0 Å². The molecule has 1 aromatic rings. The SMILES string of the molecule is O=C(O)CCCn1cnccc1=O. The predicted molar refractivity (Wildman–Crippen MR) is 45.4 cm³/mol. The fraction of sp³-hybridized carbons (Fsp3) is 0.375. The van der Waals surface area contributed by atoms with E-state index in [1.807, 2.05) is 0 Å². The maximum Gasteiger partial charge on any atom is 0.303 e. The van der Waals surface area contributed by atoms with Crippen LogP contribution in [0.2, 0.25) is 0 Å². The van der Waals surface area contributed by atoms with E-state index in [4.69, 9.17) is 5.11 Å². The molecule has 0 aliphatic carbocycles. The highest BCUT2D eigenvalue weighted by molar-refractivity contribution is 5.66. The molecule has 0 spiro atoms. The van der Waals surface area contributed by atoms with Gasteiger partial charge in [0.25, 0.3) is 5.56 Å². The van der Waals surface area contributed by atoms with E-state index in [2.05, 4.69) is 4.98 Å². The van der Waals surface area contributed by atoms with Gasteiger partial charge in [-0.3, -0.25) is 14.2 Å². The molecule has 0 saturated carbocycles. The number of hydrogen-bond acceptors (Lipinski definition) is 3. The Morgan fingerprint density at radius 1 is 1.62 bits per heavy atom. The monoisotopic (exact) mass is 182 g/mol. The average molecular weight is 182 g/mol. The largest absolute Gasteiger partial charge is 0.481 e. The quantitative estimate of drug-likeness (QED) is 0.717. The van der Waals surface area contributed by atoms with E-state index >= 15 is 0 Å². The number of nitrogens with zero attached hydrogens (tertiary/aromatic N) is 2. The Morgan fingerprint density at radius 2 is 2.38 bits per heavy atom. The van der Waals surface area contributed by atoms with Crippen molar-refractivity contribution in [2.45, 2.75) is 19.4 Å². The molecule has 0 aliphatic heterocycles. The number of aliphatic carboxylic acids is 1. The van der Waals surface area contributed by atoms with Crippen LogP contribution in [-0.4, -0.2) is 20.6 Å². The second-order valence-electron chi connectivity index (χ2n) is 2.61. The van der Waals surface area contributed by atoms with Crippen LogP contribution in [0.15, 0.2) is 23.4 Å². The molecule has 0 fully saturated rings. The highest BCUT2D eigenvalue weighted by atomic mass is 16.4. The smallest absolute Gasteiger partial charge is 0.303 e. The maximum atomic E-state index is 11.1. The van der Waals surface area contributed by atoms with Crippen LogP contribution in [-0.2, 0) is 11.3 Å². The highest BCUT2D eigenvalue weighted by Crippen LogP contribution is 1.91. The molecular formula is C8H10N2O3. The van der Waals surface area contributed by atoms with Gasteiger partial charge in [0.2, 0.25) is 0 Å². The number of hydrogen-bond donors (Lipinski definition) is 1. The Morgan fingerprint density at radius 3 is 3.00 bits per heavy atom. The number of carbonyl (C=O) groups is 1. The molecule has 0 saturated heterocycles. The van der Waals surface area contributed by atoms with Gasteiger partial charge in [-0.05, 0) is 6.42 Å². The number of carboxylic acid groups (broad SMARTS) is 1. The second kappa shape index (κ2) is 4.39. The molecule has 5 nitrogen and oxygen atoms in total. The molecule has 0 bridgehead atoms. The van der Waals surface area contributed by atoms with Crippen molar-refractivity contribution in [3.05, 3.63) is 28.9 Å². The van der Waals surface area contributed by atoms with Crippen molar-refractivity contribution in [3.8, 4) is 0 Å². The fourth-order valence-electron chi connectivity index (χ4n) is 0.947. The molecule has 1 rings (SSSR count). The Kier molecular flexibility index (Phi) is 3.19. The van der Waals surface area contributed by atoms with Crippen LogP contribution in [0.4, 0.5) is 0 Å². The minimum atomic E-state index is -0.850. The molecule has 0 unspecified atom stereocenters. The van der Waals surface area contributed by atoms with Crippen LogP contribution >= 0.6 is 0 Å². The fourth-order valence-corrected chi connectivity index (χ4v) is 0.947. The van der Waals surface area contributed by atoms with Crippen molar-refractivity contribution in [3.63, 3.8) is 0 Å². The summed E-state index contributed by atoms with van der Waals surface area (Å²) in [7, 11) is 0. The lowest BCUT2D eigenvalue weighted by Gasteiger charge is -2.01. The lowest BCUT2D eigenvalue weighted by molar-refractivity contribution is -0.137. The van der Waals surface area contributed by atoms with E-state index in [1.54, 1.807) is 0 Å². The molecule has 0 radical (unpaired) electrons. The molecule has 13 heavy (non-hydrogen) atoms. The molecule has 1 heterocycles. The van der Waals surface area contributed by atoms with Crippen LogP contribution in [0.5, 0.6) is 0 Å². The molecule has 1 aromatic heterocycles. The summed E-state index contributed by atoms with van der Waals surface area (Å²) >= 11 is 0. The first-order valence-electron chi connectivity index (χ1n) is 3.92. The van der Waals surface area contributed by atoms with E-state index in [-0.39, 0.29) is 12.0 Å². The third-order valence-electron chi connectivity index (χ3n) is 1.58. The molecule has 0 amide bonds. The molecule has 1 N–H and O–H groups in total.